The van der Waals surface area contributed by atoms with Crippen LogP contribution in [0.2, 0.25) is 0 Å². The predicted molar refractivity (Wildman–Crippen MR) is 64.8 cm³/mol. The molecule has 4 nitrogen and oxygen atoms in total. The van der Waals surface area contributed by atoms with Gasteiger partial charge in [0, 0.05) is 12.6 Å². The number of hydrogen-bond donors (Lipinski definition) is 2. The lowest BCUT2D eigenvalue weighted by atomic mass is 9.89. The molecule has 0 bridgehead atoms. The number of likely N-dealkylation sites (N-methyl/N-ethyl adjacent to an activating group) is 1. The average Bonchev–Trinajstić information content (AvgIpc) is 3.10. The molecule has 0 aliphatic heterocycles. The van der Waals surface area contributed by atoms with Crippen molar-refractivity contribution in [2.24, 2.45) is 0 Å². The van der Waals surface area contributed by atoms with E-state index in [9.17, 15) is 10.0 Å². The highest BCUT2D eigenvalue weighted by Crippen LogP contribution is 2.50. The first-order valence-electron chi connectivity index (χ1n) is 5.59. The van der Waals surface area contributed by atoms with E-state index < -0.39 is 5.41 Å². The summed E-state index contributed by atoms with van der Waals surface area (Å²) >= 11 is 0. The molecule has 0 heterocycles. The standard InChI is InChI=1S/C13H16N2O2/c1-9-3-4-10(8-16)7-11(9)13(5-6-13)12(14)15(2)17/h3-4,7-8,14,17H,5-6H2,1-2H3. The third kappa shape index (κ3) is 1.85. The highest BCUT2D eigenvalue weighted by Gasteiger charge is 2.50. The number of rotatable bonds is 3. The van der Waals surface area contributed by atoms with E-state index >= 15 is 0 Å². The van der Waals surface area contributed by atoms with Crippen LogP contribution >= 0.6 is 0 Å². The predicted octanol–water partition coefficient (Wildman–Crippen LogP) is 2.14. The Labute approximate surface area is 100 Å². The molecule has 17 heavy (non-hydrogen) atoms. The second kappa shape index (κ2) is 3.96. The van der Waals surface area contributed by atoms with Gasteiger partial charge in [-0.15, -0.1) is 0 Å². The molecule has 2 rings (SSSR count). The van der Waals surface area contributed by atoms with E-state index in [0.29, 0.717) is 5.56 Å². The first kappa shape index (κ1) is 11.8. The molecule has 0 unspecified atom stereocenters. The first-order chi connectivity index (χ1) is 8.01. The second-order valence-corrected chi connectivity index (χ2v) is 4.65. The minimum Gasteiger partial charge on any atom is -0.298 e. The summed E-state index contributed by atoms with van der Waals surface area (Å²) < 4.78 is 0. The van der Waals surface area contributed by atoms with Gasteiger partial charge < -0.3 is 0 Å². The van der Waals surface area contributed by atoms with Crippen molar-refractivity contribution in [2.45, 2.75) is 25.2 Å². The van der Waals surface area contributed by atoms with Crippen LogP contribution in [0.1, 0.15) is 34.3 Å². The number of aldehydes is 1. The van der Waals surface area contributed by atoms with Crippen LogP contribution in [0.4, 0.5) is 0 Å². The minimum absolute atomic E-state index is 0.198. The topological polar surface area (TPSA) is 64.4 Å². The van der Waals surface area contributed by atoms with E-state index in [-0.39, 0.29) is 5.84 Å². The van der Waals surface area contributed by atoms with Gasteiger partial charge in [-0.3, -0.25) is 15.4 Å². The fourth-order valence-corrected chi connectivity index (χ4v) is 2.30. The van der Waals surface area contributed by atoms with E-state index in [4.69, 9.17) is 5.41 Å². The zero-order valence-corrected chi connectivity index (χ0v) is 10.0. The molecule has 0 aromatic heterocycles. The lowest BCUT2D eigenvalue weighted by molar-refractivity contribution is 0.00778. The smallest absolute Gasteiger partial charge is 0.150 e. The van der Waals surface area contributed by atoms with E-state index in [1.54, 1.807) is 6.07 Å². The summed E-state index contributed by atoms with van der Waals surface area (Å²) in [5.41, 5.74) is 2.25. The average molecular weight is 232 g/mol. The number of hydrogen-bond acceptors (Lipinski definition) is 3. The van der Waals surface area contributed by atoms with Crippen LogP contribution in [-0.4, -0.2) is 29.4 Å². The third-order valence-corrected chi connectivity index (χ3v) is 3.44. The Morgan fingerprint density at radius 1 is 1.53 bits per heavy atom. The van der Waals surface area contributed by atoms with Gasteiger partial charge in [0.05, 0.1) is 5.41 Å². The fraction of sp³-hybridized carbons (Fsp3) is 0.385. The fourth-order valence-electron chi connectivity index (χ4n) is 2.30. The summed E-state index contributed by atoms with van der Waals surface area (Å²) in [6.07, 6.45) is 2.51. The Bertz CT molecular complexity index is 476. The Balaban J connectivity index is 2.46. The lowest BCUT2D eigenvalue weighted by Crippen LogP contribution is -2.34. The number of amidine groups is 1. The lowest BCUT2D eigenvalue weighted by Gasteiger charge is -2.23. The highest BCUT2D eigenvalue weighted by molar-refractivity contribution is 5.93. The molecule has 1 aromatic rings. The van der Waals surface area contributed by atoms with Crippen molar-refractivity contribution in [3.05, 3.63) is 34.9 Å². The SMILES string of the molecule is Cc1ccc(C=O)cc1C1(C(=N)N(C)O)CC1. The molecule has 1 aromatic carbocycles. The molecule has 2 N–H and O–H groups in total. The van der Waals surface area contributed by atoms with Gasteiger partial charge >= 0.3 is 0 Å². The normalized spacial score (nSPS) is 16.4. The molecule has 1 fully saturated rings. The van der Waals surface area contributed by atoms with Gasteiger partial charge in [-0.25, -0.2) is 5.06 Å². The van der Waals surface area contributed by atoms with Crippen LogP contribution in [0.15, 0.2) is 18.2 Å². The van der Waals surface area contributed by atoms with Crippen LogP contribution in [0.25, 0.3) is 0 Å². The quantitative estimate of drug-likeness (QED) is 0.363. The summed E-state index contributed by atoms with van der Waals surface area (Å²) in [4.78, 5) is 10.8. The third-order valence-electron chi connectivity index (χ3n) is 3.44. The monoisotopic (exact) mass is 232 g/mol. The van der Waals surface area contributed by atoms with Gasteiger partial charge in [0.15, 0.2) is 0 Å². The Morgan fingerprint density at radius 3 is 2.65 bits per heavy atom. The molecule has 0 saturated heterocycles. The Morgan fingerprint density at radius 2 is 2.18 bits per heavy atom. The van der Waals surface area contributed by atoms with Crippen LogP contribution in [0, 0.1) is 12.3 Å². The van der Waals surface area contributed by atoms with Crippen molar-refractivity contribution in [1.29, 1.82) is 5.41 Å². The van der Waals surface area contributed by atoms with Gasteiger partial charge in [0.25, 0.3) is 0 Å². The highest BCUT2D eigenvalue weighted by atomic mass is 16.5. The number of nitrogens with zero attached hydrogens (tertiary/aromatic N) is 1. The van der Waals surface area contributed by atoms with E-state index in [0.717, 1.165) is 35.3 Å². The largest absolute Gasteiger partial charge is 0.298 e. The van der Waals surface area contributed by atoms with Crippen molar-refractivity contribution in [1.82, 2.24) is 5.06 Å². The molecule has 0 amide bonds. The van der Waals surface area contributed by atoms with Gasteiger partial charge in [-0.05, 0) is 37.0 Å². The maximum Gasteiger partial charge on any atom is 0.150 e. The molecular formula is C13H16N2O2. The Kier molecular flexibility index (Phi) is 2.75. The molecule has 4 heteroatoms. The van der Waals surface area contributed by atoms with E-state index in [1.165, 1.54) is 7.05 Å². The molecule has 1 aliphatic carbocycles. The van der Waals surface area contributed by atoms with Crippen molar-refractivity contribution in [3.8, 4) is 0 Å². The maximum absolute atomic E-state index is 10.8. The molecular weight excluding hydrogens is 216 g/mol. The molecule has 0 radical (unpaired) electrons. The van der Waals surface area contributed by atoms with E-state index in [2.05, 4.69) is 0 Å². The van der Waals surface area contributed by atoms with Crippen molar-refractivity contribution in [2.75, 3.05) is 7.05 Å². The summed E-state index contributed by atoms with van der Waals surface area (Å²) in [6.45, 7) is 1.97. The second-order valence-electron chi connectivity index (χ2n) is 4.65. The first-order valence-corrected chi connectivity index (χ1v) is 5.59. The van der Waals surface area contributed by atoms with Crippen LogP contribution in [0.3, 0.4) is 0 Å². The van der Waals surface area contributed by atoms with E-state index in [1.807, 2.05) is 19.1 Å². The van der Waals surface area contributed by atoms with Crippen molar-refractivity contribution in [3.63, 3.8) is 0 Å². The van der Waals surface area contributed by atoms with Crippen molar-refractivity contribution >= 4 is 12.1 Å². The van der Waals surface area contributed by atoms with Gasteiger partial charge in [0.1, 0.15) is 12.1 Å². The van der Waals surface area contributed by atoms with Gasteiger partial charge in [-0.1, -0.05) is 12.1 Å². The summed E-state index contributed by atoms with van der Waals surface area (Å²) in [5, 5.41) is 18.2. The molecule has 0 spiro atoms. The molecule has 1 saturated carbocycles. The van der Waals surface area contributed by atoms with Crippen LogP contribution in [-0.2, 0) is 5.41 Å². The zero-order chi connectivity index (χ0) is 12.6. The summed E-state index contributed by atoms with van der Waals surface area (Å²) in [7, 11) is 1.46. The molecule has 0 atom stereocenters. The summed E-state index contributed by atoms with van der Waals surface area (Å²) in [6, 6.07) is 5.49. The minimum atomic E-state index is -0.396. The number of benzene rings is 1. The number of carbonyl (C=O) groups excluding carboxylic acids is 1. The number of nitrogens with one attached hydrogen (secondary N) is 1. The number of carbonyl (C=O) groups is 1. The summed E-state index contributed by atoms with van der Waals surface area (Å²) in [5.74, 6) is 0.198. The number of hydroxylamine groups is 2. The van der Waals surface area contributed by atoms with Gasteiger partial charge in [0.2, 0.25) is 0 Å². The van der Waals surface area contributed by atoms with Gasteiger partial charge in [-0.2, -0.15) is 0 Å². The van der Waals surface area contributed by atoms with Crippen molar-refractivity contribution < 1.29 is 10.0 Å². The zero-order valence-electron chi connectivity index (χ0n) is 10.0. The van der Waals surface area contributed by atoms with Crippen LogP contribution < -0.4 is 0 Å². The molecule has 90 valence electrons. The molecule has 1 aliphatic rings. The maximum atomic E-state index is 10.8. The number of aryl methyl sites for hydroxylation is 1. The Hall–Kier alpha value is -1.68. The van der Waals surface area contributed by atoms with Crippen LogP contribution in [0.5, 0.6) is 0 Å².